The summed E-state index contributed by atoms with van der Waals surface area (Å²) in [5.74, 6) is 0.765. The Labute approximate surface area is 164 Å². The Kier molecular flexibility index (Phi) is 5.93. The first-order chi connectivity index (χ1) is 13.1. The van der Waals surface area contributed by atoms with Gasteiger partial charge in [-0.05, 0) is 64.5 Å². The minimum atomic E-state index is -0.286. The van der Waals surface area contributed by atoms with E-state index < -0.39 is 0 Å². The number of rotatable bonds is 6. The van der Waals surface area contributed by atoms with E-state index in [0.717, 1.165) is 0 Å². The number of hydrogen-bond acceptors (Lipinski definition) is 4. The summed E-state index contributed by atoms with van der Waals surface area (Å²) in [6, 6.07) is 15.3. The van der Waals surface area contributed by atoms with E-state index in [1.807, 2.05) is 0 Å². The Morgan fingerprint density at radius 1 is 1.04 bits per heavy atom. The summed E-state index contributed by atoms with van der Waals surface area (Å²) in [5.41, 5.74) is 1.43. The molecule has 138 valence electrons. The van der Waals surface area contributed by atoms with Crippen LogP contribution in [0.1, 0.15) is 26.5 Å². The monoisotopic (exact) mass is 428 g/mol. The molecule has 0 saturated carbocycles. The Bertz CT molecular complexity index is 954. The quantitative estimate of drug-likeness (QED) is 0.615. The number of anilines is 1. The van der Waals surface area contributed by atoms with Crippen molar-refractivity contribution in [2.24, 2.45) is 0 Å². The lowest BCUT2D eigenvalue weighted by Gasteiger charge is -2.09. The molecular weight excluding hydrogens is 412 g/mol. The van der Waals surface area contributed by atoms with Crippen LogP contribution >= 0.6 is 15.9 Å². The summed E-state index contributed by atoms with van der Waals surface area (Å²) in [6.45, 7) is 0.294. The fourth-order valence-electron chi connectivity index (χ4n) is 2.43. The van der Waals surface area contributed by atoms with Crippen molar-refractivity contribution in [1.82, 2.24) is 5.32 Å². The number of ether oxygens (including phenoxy) is 1. The van der Waals surface area contributed by atoms with E-state index >= 15 is 0 Å². The topological polar surface area (TPSA) is 80.6 Å². The standard InChI is InChI=1S/C20H17BrN2O4/c1-26-18-8-7-14(11-17(18)21)20(25)23-15-5-2-4-13(10-15)19(24)22-12-16-6-3-9-27-16/h2-11H,12H2,1H3,(H,22,24)(H,23,25). The molecule has 3 rings (SSSR count). The number of benzene rings is 2. The molecule has 1 heterocycles. The molecular formula is C20H17BrN2O4. The Morgan fingerprint density at radius 2 is 1.85 bits per heavy atom. The van der Waals surface area contributed by atoms with Crippen LogP contribution in [-0.4, -0.2) is 18.9 Å². The number of halogens is 1. The van der Waals surface area contributed by atoms with E-state index in [4.69, 9.17) is 9.15 Å². The number of carbonyl (C=O) groups excluding carboxylic acids is 2. The highest BCUT2D eigenvalue weighted by molar-refractivity contribution is 9.10. The number of nitrogens with one attached hydrogen (secondary N) is 2. The number of carbonyl (C=O) groups is 2. The molecule has 0 radical (unpaired) electrons. The van der Waals surface area contributed by atoms with Crippen molar-refractivity contribution in [3.63, 3.8) is 0 Å². The predicted octanol–water partition coefficient (Wildman–Crippen LogP) is 4.23. The van der Waals surface area contributed by atoms with Gasteiger partial charge in [0, 0.05) is 16.8 Å². The summed E-state index contributed by atoms with van der Waals surface area (Å²) >= 11 is 3.36. The van der Waals surface area contributed by atoms with Gasteiger partial charge in [0.2, 0.25) is 0 Å². The third-order valence-electron chi connectivity index (χ3n) is 3.80. The molecule has 2 N–H and O–H groups in total. The van der Waals surface area contributed by atoms with Gasteiger partial charge in [-0.25, -0.2) is 0 Å². The smallest absolute Gasteiger partial charge is 0.255 e. The van der Waals surface area contributed by atoms with Gasteiger partial charge in [-0.2, -0.15) is 0 Å². The van der Waals surface area contributed by atoms with Gasteiger partial charge in [0.15, 0.2) is 0 Å². The van der Waals surface area contributed by atoms with E-state index in [1.54, 1.807) is 68.0 Å². The number of amides is 2. The maximum Gasteiger partial charge on any atom is 0.255 e. The van der Waals surface area contributed by atoms with Crippen molar-refractivity contribution in [2.75, 3.05) is 12.4 Å². The van der Waals surface area contributed by atoms with Crippen molar-refractivity contribution in [3.05, 3.63) is 82.2 Å². The van der Waals surface area contributed by atoms with Crippen LogP contribution in [0.3, 0.4) is 0 Å². The molecule has 2 amide bonds. The van der Waals surface area contributed by atoms with Crippen molar-refractivity contribution in [1.29, 1.82) is 0 Å². The maximum absolute atomic E-state index is 12.4. The van der Waals surface area contributed by atoms with Crippen LogP contribution in [0.2, 0.25) is 0 Å². The van der Waals surface area contributed by atoms with Crippen molar-refractivity contribution in [2.45, 2.75) is 6.54 Å². The van der Waals surface area contributed by atoms with Crippen LogP contribution in [0.25, 0.3) is 0 Å². The molecule has 0 saturated heterocycles. The first-order valence-electron chi connectivity index (χ1n) is 8.12. The summed E-state index contributed by atoms with van der Waals surface area (Å²) in [5, 5.41) is 5.56. The highest BCUT2D eigenvalue weighted by Crippen LogP contribution is 2.26. The summed E-state index contributed by atoms with van der Waals surface area (Å²) < 4.78 is 11.0. The average Bonchev–Trinajstić information content (AvgIpc) is 3.20. The highest BCUT2D eigenvalue weighted by atomic mass is 79.9. The number of methoxy groups -OCH3 is 1. The molecule has 0 unspecified atom stereocenters. The first kappa shape index (κ1) is 18.7. The van der Waals surface area contributed by atoms with E-state index in [2.05, 4.69) is 26.6 Å². The van der Waals surface area contributed by atoms with Crippen LogP contribution in [-0.2, 0) is 6.54 Å². The molecule has 6 nitrogen and oxygen atoms in total. The first-order valence-corrected chi connectivity index (χ1v) is 8.91. The summed E-state index contributed by atoms with van der Waals surface area (Å²) in [6.07, 6.45) is 1.55. The van der Waals surface area contributed by atoms with Gasteiger partial charge in [0.05, 0.1) is 24.4 Å². The second-order valence-electron chi connectivity index (χ2n) is 5.65. The SMILES string of the molecule is COc1ccc(C(=O)Nc2cccc(C(=O)NCc3ccco3)c2)cc1Br. The zero-order valence-electron chi connectivity index (χ0n) is 14.5. The lowest BCUT2D eigenvalue weighted by atomic mass is 10.1. The molecule has 0 aliphatic rings. The zero-order valence-corrected chi connectivity index (χ0v) is 16.1. The van der Waals surface area contributed by atoms with Crippen molar-refractivity contribution < 1.29 is 18.7 Å². The van der Waals surface area contributed by atoms with E-state index in [1.165, 1.54) is 0 Å². The van der Waals surface area contributed by atoms with Crippen LogP contribution in [0.4, 0.5) is 5.69 Å². The van der Waals surface area contributed by atoms with Crippen LogP contribution in [0.15, 0.2) is 69.8 Å². The lowest BCUT2D eigenvalue weighted by Crippen LogP contribution is -2.22. The zero-order chi connectivity index (χ0) is 19.2. The fraction of sp³-hybridized carbons (Fsp3) is 0.100. The van der Waals surface area contributed by atoms with Crippen molar-refractivity contribution >= 4 is 33.4 Å². The van der Waals surface area contributed by atoms with E-state index in [0.29, 0.717) is 39.3 Å². The predicted molar refractivity (Wildman–Crippen MR) is 105 cm³/mol. The third kappa shape index (κ3) is 4.77. The molecule has 0 fully saturated rings. The molecule has 0 atom stereocenters. The molecule has 0 spiro atoms. The minimum Gasteiger partial charge on any atom is -0.496 e. The Morgan fingerprint density at radius 3 is 2.56 bits per heavy atom. The van der Waals surface area contributed by atoms with Gasteiger partial charge in [0.1, 0.15) is 11.5 Å². The third-order valence-corrected chi connectivity index (χ3v) is 4.42. The second kappa shape index (κ2) is 8.55. The summed E-state index contributed by atoms with van der Waals surface area (Å²) in [7, 11) is 1.56. The number of furan rings is 1. The molecule has 2 aromatic carbocycles. The number of hydrogen-bond donors (Lipinski definition) is 2. The van der Waals surface area contributed by atoms with Crippen LogP contribution < -0.4 is 15.4 Å². The molecule has 0 aliphatic carbocycles. The fourth-order valence-corrected chi connectivity index (χ4v) is 2.97. The summed E-state index contributed by atoms with van der Waals surface area (Å²) in [4.78, 5) is 24.7. The molecule has 27 heavy (non-hydrogen) atoms. The van der Waals surface area contributed by atoms with Crippen LogP contribution in [0.5, 0.6) is 5.75 Å². The Balaban J connectivity index is 1.67. The van der Waals surface area contributed by atoms with Gasteiger partial charge in [0.25, 0.3) is 11.8 Å². The van der Waals surface area contributed by atoms with Gasteiger partial charge in [-0.3, -0.25) is 9.59 Å². The van der Waals surface area contributed by atoms with Gasteiger partial charge in [-0.1, -0.05) is 6.07 Å². The van der Waals surface area contributed by atoms with E-state index in [-0.39, 0.29) is 11.8 Å². The highest BCUT2D eigenvalue weighted by Gasteiger charge is 2.11. The largest absolute Gasteiger partial charge is 0.496 e. The van der Waals surface area contributed by atoms with Crippen LogP contribution in [0, 0.1) is 0 Å². The van der Waals surface area contributed by atoms with Gasteiger partial charge < -0.3 is 19.8 Å². The van der Waals surface area contributed by atoms with Gasteiger partial charge in [-0.15, -0.1) is 0 Å². The van der Waals surface area contributed by atoms with E-state index in [9.17, 15) is 9.59 Å². The molecule has 3 aromatic rings. The molecule has 1 aromatic heterocycles. The molecule has 7 heteroatoms. The maximum atomic E-state index is 12.4. The second-order valence-corrected chi connectivity index (χ2v) is 6.50. The Hall–Kier alpha value is -3.06. The normalized spacial score (nSPS) is 10.3. The average molecular weight is 429 g/mol. The van der Waals surface area contributed by atoms with Gasteiger partial charge >= 0.3 is 0 Å². The lowest BCUT2D eigenvalue weighted by molar-refractivity contribution is 0.0946. The molecule has 0 aliphatic heterocycles. The minimum absolute atomic E-state index is 0.255. The molecule has 0 bridgehead atoms. The van der Waals surface area contributed by atoms with Crippen molar-refractivity contribution in [3.8, 4) is 5.75 Å².